The minimum atomic E-state index is -4.48. The first-order valence-electron chi connectivity index (χ1n) is 6.61. The van der Waals surface area contributed by atoms with Crippen LogP contribution in [-0.2, 0) is 6.18 Å². The first kappa shape index (κ1) is 14.2. The Hall–Kier alpha value is -1.76. The lowest BCUT2D eigenvalue weighted by atomic mass is 10.1. The molecule has 0 aromatic heterocycles. The van der Waals surface area contributed by atoms with Crippen LogP contribution in [0.5, 0.6) is 5.75 Å². The number of halogens is 3. The number of hydrogen-bond donors (Lipinski definition) is 0. The molecule has 1 amide bonds. The molecular formula is C14H15F3N2O2. The quantitative estimate of drug-likeness (QED) is 0.733. The molecule has 1 saturated heterocycles. The molecule has 0 spiro atoms. The van der Waals surface area contributed by atoms with E-state index in [-0.39, 0.29) is 23.5 Å². The van der Waals surface area contributed by atoms with Gasteiger partial charge < -0.3 is 14.5 Å². The number of likely N-dealkylation sites (N-methyl/N-ethyl adjacent to an activating group) is 2. The second-order valence-corrected chi connectivity index (χ2v) is 5.57. The molecule has 0 N–H and O–H groups in total. The van der Waals surface area contributed by atoms with Gasteiger partial charge in [0.05, 0.1) is 17.2 Å². The lowest BCUT2D eigenvalue weighted by Crippen LogP contribution is -2.44. The van der Waals surface area contributed by atoms with Crippen LogP contribution in [0.1, 0.15) is 15.9 Å². The van der Waals surface area contributed by atoms with Crippen LogP contribution in [0.4, 0.5) is 13.2 Å². The molecule has 7 heteroatoms. The number of nitrogens with zero attached hydrogens (tertiary/aromatic N) is 2. The Labute approximate surface area is 120 Å². The summed E-state index contributed by atoms with van der Waals surface area (Å²) in [6.45, 7) is 1.29. The van der Waals surface area contributed by atoms with E-state index in [4.69, 9.17) is 4.74 Å². The number of rotatable bonds is 0. The van der Waals surface area contributed by atoms with Gasteiger partial charge in [-0.3, -0.25) is 4.79 Å². The van der Waals surface area contributed by atoms with E-state index in [0.717, 1.165) is 12.1 Å². The average Bonchev–Trinajstić information content (AvgIpc) is 2.73. The van der Waals surface area contributed by atoms with E-state index < -0.39 is 17.6 Å². The number of amides is 1. The van der Waals surface area contributed by atoms with Crippen molar-refractivity contribution in [2.24, 2.45) is 0 Å². The van der Waals surface area contributed by atoms with Crippen LogP contribution in [0, 0.1) is 0 Å². The molecule has 1 fully saturated rings. The van der Waals surface area contributed by atoms with E-state index in [1.807, 2.05) is 11.9 Å². The number of ether oxygens (including phenoxy) is 1. The van der Waals surface area contributed by atoms with Gasteiger partial charge in [0.15, 0.2) is 0 Å². The van der Waals surface area contributed by atoms with Crippen molar-refractivity contribution in [3.63, 3.8) is 0 Å². The number of alkyl halides is 3. The summed E-state index contributed by atoms with van der Waals surface area (Å²) >= 11 is 0. The van der Waals surface area contributed by atoms with E-state index in [0.29, 0.717) is 13.1 Å². The largest absolute Gasteiger partial charge is 0.486 e. The molecule has 2 heterocycles. The minimum absolute atomic E-state index is 0.0237. The van der Waals surface area contributed by atoms with Crippen molar-refractivity contribution in [1.29, 1.82) is 0 Å². The standard InChI is InChI=1S/C14H15F3N2O2/c1-18-6-10-12(7-18)21-11-4-3-8(14(15,16)17)5-9(11)13(20)19(10)2/h3-5,10,12H,6-7H2,1-2H3/t10-,12+/m1/s1. The van der Waals surface area contributed by atoms with Gasteiger partial charge in [0.1, 0.15) is 11.9 Å². The first-order chi connectivity index (χ1) is 9.77. The molecule has 0 aliphatic carbocycles. The molecular weight excluding hydrogens is 285 g/mol. The van der Waals surface area contributed by atoms with Gasteiger partial charge in [-0.2, -0.15) is 13.2 Å². The van der Waals surface area contributed by atoms with Crippen LogP contribution >= 0.6 is 0 Å². The molecule has 2 aliphatic heterocycles. The second-order valence-electron chi connectivity index (χ2n) is 5.57. The van der Waals surface area contributed by atoms with Gasteiger partial charge in [0.25, 0.3) is 5.91 Å². The zero-order chi connectivity index (χ0) is 15.4. The maximum atomic E-state index is 12.8. The van der Waals surface area contributed by atoms with E-state index >= 15 is 0 Å². The van der Waals surface area contributed by atoms with Gasteiger partial charge in [-0.05, 0) is 25.2 Å². The number of carbonyl (C=O) groups is 1. The van der Waals surface area contributed by atoms with Gasteiger partial charge in [0.2, 0.25) is 0 Å². The third-order valence-corrected chi connectivity index (χ3v) is 4.05. The van der Waals surface area contributed by atoms with E-state index in [9.17, 15) is 18.0 Å². The number of hydrogen-bond acceptors (Lipinski definition) is 3. The monoisotopic (exact) mass is 300 g/mol. The van der Waals surface area contributed by atoms with Gasteiger partial charge in [-0.1, -0.05) is 0 Å². The molecule has 0 unspecified atom stereocenters. The SMILES string of the molecule is CN1C[C@@H]2Oc3ccc(C(F)(F)F)cc3C(=O)N(C)[C@@H]2C1. The number of benzene rings is 1. The smallest absolute Gasteiger partial charge is 0.416 e. The Morgan fingerprint density at radius 2 is 1.95 bits per heavy atom. The zero-order valence-corrected chi connectivity index (χ0v) is 11.6. The molecule has 1 aromatic rings. The summed E-state index contributed by atoms with van der Waals surface area (Å²) in [5.41, 5.74) is -0.861. The molecule has 0 bridgehead atoms. The highest BCUT2D eigenvalue weighted by Gasteiger charge is 2.42. The average molecular weight is 300 g/mol. The summed E-state index contributed by atoms with van der Waals surface area (Å²) < 4.78 is 44.2. The van der Waals surface area contributed by atoms with Crippen LogP contribution in [0.25, 0.3) is 0 Å². The molecule has 114 valence electrons. The van der Waals surface area contributed by atoms with Crippen molar-refractivity contribution in [3.05, 3.63) is 29.3 Å². The Morgan fingerprint density at radius 1 is 1.24 bits per heavy atom. The van der Waals surface area contributed by atoms with E-state index in [1.54, 1.807) is 7.05 Å². The van der Waals surface area contributed by atoms with Crippen LogP contribution in [0.3, 0.4) is 0 Å². The van der Waals surface area contributed by atoms with E-state index in [1.165, 1.54) is 11.0 Å². The first-order valence-corrected chi connectivity index (χ1v) is 6.61. The predicted octanol–water partition coefficient (Wildman–Crippen LogP) is 1.85. The Balaban J connectivity index is 2.04. The predicted molar refractivity (Wildman–Crippen MR) is 69.2 cm³/mol. The number of carbonyl (C=O) groups excluding carboxylic acids is 1. The summed E-state index contributed by atoms with van der Waals surface area (Å²) in [5, 5.41) is 0. The van der Waals surface area contributed by atoms with Crippen molar-refractivity contribution < 1.29 is 22.7 Å². The van der Waals surface area contributed by atoms with Crippen molar-refractivity contribution in [1.82, 2.24) is 9.80 Å². The maximum absolute atomic E-state index is 12.8. The summed E-state index contributed by atoms with van der Waals surface area (Å²) in [7, 11) is 3.53. The molecule has 2 aliphatic rings. The molecule has 3 rings (SSSR count). The number of likely N-dealkylation sites (tertiary alicyclic amines) is 1. The van der Waals surface area contributed by atoms with Crippen LogP contribution in [-0.4, -0.2) is 55.0 Å². The van der Waals surface area contributed by atoms with Gasteiger partial charge in [0, 0.05) is 20.1 Å². The fraction of sp³-hybridized carbons (Fsp3) is 0.500. The fourth-order valence-corrected chi connectivity index (χ4v) is 2.91. The molecule has 0 radical (unpaired) electrons. The molecule has 2 atom stereocenters. The van der Waals surface area contributed by atoms with Gasteiger partial charge in [-0.15, -0.1) is 0 Å². The van der Waals surface area contributed by atoms with Crippen LogP contribution < -0.4 is 4.74 Å². The molecule has 0 saturated carbocycles. The Bertz CT molecular complexity index is 588. The van der Waals surface area contributed by atoms with Gasteiger partial charge in [-0.25, -0.2) is 0 Å². The zero-order valence-electron chi connectivity index (χ0n) is 11.6. The highest BCUT2D eigenvalue weighted by Crippen LogP contribution is 2.36. The lowest BCUT2D eigenvalue weighted by Gasteiger charge is -2.25. The summed E-state index contributed by atoms with van der Waals surface area (Å²) in [6, 6.07) is 2.92. The summed E-state index contributed by atoms with van der Waals surface area (Å²) in [5.74, 6) is -0.207. The highest BCUT2D eigenvalue weighted by atomic mass is 19.4. The number of fused-ring (bicyclic) bond motifs is 2. The fourth-order valence-electron chi connectivity index (χ4n) is 2.91. The maximum Gasteiger partial charge on any atom is 0.416 e. The third-order valence-electron chi connectivity index (χ3n) is 4.05. The normalized spacial score (nSPS) is 26.1. The van der Waals surface area contributed by atoms with Crippen molar-refractivity contribution >= 4 is 5.91 Å². The summed E-state index contributed by atoms with van der Waals surface area (Å²) in [6.07, 6.45) is -4.70. The molecule has 4 nitrogen and oxygen atoms in total. The van der Waals surface area contributed by atoms with Crippen molar-refractivity contribution in [2.45, 2.75) is 18.3 Å². The van der Waals surface area contributed by atoms with Crippen molar-refractivity contribution in [3.8, 4) is 5.75 Å². The Morgan fingerprint density at radius 3 is 2.62 bits per heavy atom. The van der Waals surface area contributed by atoms with Gasteiger partial charge >= 0.3 is 6.18 Å². The minimum Gasteiger partial charge on any atom is -0.486 e. The van der Waals surface area contributed by atoms with E-state index in [2.05, 4.69) is 0 Å². The van der Waals surface area contributed by atoms with Crippen LogP contribution in [0.2, 0.25) is 0 Å². The van der Waals surface area contributed by atoms with Crippen LogP contribution in [0.15, 0.2) is 18.2 Å². The molecule has 21 heavy (non-hydrogen) atoms. The Kier molecular flexibility index (Phi) is 3.12. The third kappa shape index (κ3) is 2.35. The molecule has 1 aromatic carbocycles. The second kappa shape index (κ2) is 4.62. The lowest BCUT2D eigenvalue weighted by molar-refractivity contribution is -0.137. The summed E-state index contributed by atoms with van der Waals surface area (Å²) in [4.78, 5) is 15.9. The van der Waals surface area contributed by atoms with Crippen molar-refractivity contribution in [2.75, 3.05) is 27.2 Å². The highest BCUT2D eigenvalue weighted by molar-refractivity contribution is 5.97. The topological polar surface area (TPSA) is 32.8 Å².